The number of ether oxygens (including phenoxy) is 3. The van der Waals surface area contributed by atoms with Gasteiger partial charge in [0.15, 0.2) is 11.5 Å². The largest absolute Gasteiger partial charge is 0.497 e. The molecule has 0 aliphatic carbocycles. The van der Waals surface area contributed by atoms with Crippen LogP contribution in [-0.2, 0) is 10.0 Å². The molecule has 8 heteroatoms. The van der Waals surface area contributed by atoms with Crippen LogP contribution in [-0.4, -0.2) is 29.7 Å². The monoisotopic (exact) mass is 475 g/mol. The number of aryl methyl sites for hydroxylation is 1. The summed E-state index contributed by atoms with van der Waals surface area (Å²) in [4.78, 5) is 0.100. The zero-order chi connectivity index (χ0) is 23.5. The molecule has 0 saturated heterocycles. The van der Waals surface area contributed by atoms with E-state index in [1.807, 2.05) is 26.0 Å². The molecule has 0 aliphatic heterocycles. The van der Waals surface area contributed by atoms with Crippen LogP contribution in [0.3, 0.4) is 0 Å². The van der Waals surface area contributed by atoms with Gasteiger partial charge in [0, 0.05) is 11.1 Å². The van der Waals surface area contributed by atoms with Gasteiger partial charge in [-0.15, -0.1) is 0 Å². The topological polar surface area (TPSA) is 65.1 Å². The predicted octanol–water partition coefficient (Wildman–Crippen LogP) is 5.63. The molecule has 0 aliphatic rings. The van der Waals surface area contributed by atoms with Gasteiger partial charge in [-0.25, -0.2) is 8.42 Å². The fourth-order valence-electron chi connectivity index (χ4n) is 3.40. The van der Waals surface area contributed by atoms with Crippen molar-refractivity contribution in [2.24, 2.45) is 0 Å². The van der Waals surface area contributed by atoms with Crippen molar-refractivity contribution in [1.29, 1.82) is 0 Å². The third-order valence-corrected chi connectivity index (χ3v) is 7.57. The average Bonchev–Trinajstić information content (AvgIpc) is 2.80. The summed E-state index contributed by atoms with van der Waals surface area (Å²) >= 11 is 6.25. The zero-order valence-corrected chi connectivity index (χ0v) is 20.2. The number of halogens is 1. The fraction of sp³-hybridized carbons (Fsp3) is 0.250. The summed E-state index contributed by atoms with van der Waals surface area (Å²) in [6.45, 7) is 3.65. The van der Waals surface area contributed by atoms with Gasteiger partial charge in [-0.3, -0.25) is 4.31 Å². The third kappa shape index (κ3) is 4.64. The average molecular weight is 476 g/mol. The molecule has 0 heterocycles. The number of sulfonamides is 1. The lowest BCUT2D eigenvalue weighted by Gasteiger charge is -2.31. The Kier molecular flexibility index (Phi) is 7.21. The van der Waals surface area contributed by atoms with Crippen molar-refractivity contribution < 1.29 is 22.6 Å². The molecule has 3 rings (SSSR count). The maximum atomic E-state index is 13.9. The molecule has 6 nitrogen and oxygen atoms in total. The van der Waals surface area contributed by atoms with Crippen LogP contribution in [0.5, 0.6) is 17.2 Å². The summed E-state index contributed by atoms with van der Waals surface area (Å²) in [6, 6.07) is 16.5. The minimum atomic E-state index is -3.98. The Labute approximate surface area is 194 Å². The second-order valence-electron chi connectivity index (χ2n) is 7.20. The molecule has 3 aromatic carbocycles. The number of methoxy groups -OCH3 is 3. The van der Waals surface area contributed by atoms with Crippen molar-refractivity contribution >= 4 is 27.3 Å². The molecular formula is C24H26ClNO5S. The summed E-state index contributed by atoms with van der Waals surface area (Å²) in [6.07, 6.45) is 0. The molecule has 3 aromatic rings. The van der Waals surface area contributed by atoms with Crippen molar-refractivity contribution in [2.45, 2.75) is 24.8 Å². The summed E-state index contributed by atoms with van der Waals surface area (Å²) in [5.74, 6) is 1.62. The first kappa shape index (κ1) is 23.8. The predicted molar refractivity (Wildman–Crippen MR) is 127 cm³/mol. The summed E-state index contributed by atoms with van der Waals surface area (Å²) in [5, 5.41) is 0.385. The van der Waals surface area contributed by atoms with Crippen molar-refractivity contribution in [1.82, 2.24) is 0 Å². The molecule has 0 aromatic heterocycles. The highest BCUT2D eigenvalue weighted by molar-refractivity contribution is 7.92. The van der Waals surface area contributed by atoms with Crippen molar-refractivity contribution in [3.05, 3.63) is 76.8 Å². The van der Waals surface area contributed by atoms with E-state index in [4.69, 9.17) is 25.8 Å². The molecule has 0 saturated carbocycles. The quantitative estimate of drug-likeness (QED) is 0.422. The second kappa shape index (κ2) is 9.71. The molecule has 0 spiro atoms. The Morgan fingerprint density at radius 3 is 2.06 bits per heavy atom. The standard InChI is InChI=1S/C24H26ClNO5S/c1-16-6-12-21(15-22(16)25)32(27,28)26(17(2)18-7-10-20(29-3)11-8-18)19-9-13-23(30-4)24(14-19)31-5/h6-15,17H,1-5H3. The van der Waals surface area contributed by atoms with Crippen LogP contribution in [0.1, 0.15) is 24.1 Å². The van der Waals surface area contributed by atoms with E-state index in [9.17, 15) is 8.42 Å². The molecule has 0 radical (unpaired) electrons. The highest BCUT2D eigenvalue weighted by atomic mass is 35.5. The molecule has 0 N–H and O–H groups in total. The number of anilines is 1. The molecule has 0 amide bonds. The smallest absolute Gasteiger partial charge is 0.264 e. The van der Waals surface area contributed by atoms with Gasteiger partial charge in [0.2, 0.25) is 0 Å². The molecule has 32 heavy (non-hydrogen) atoms. The van der Waals surface area contributed by atoms with E-state index in [2.05, 4.69) is 0 Å². The van der Waals surface area contributed by atoms with Crippen LogP contribution >= 0.6 is 11.6 Å². The normalized spacial score (nSPS) is 12.2. The van der Waals surface area contributed by atoms with E-state index in [0.29, 0.717) is 28.0 Å². The van der Waals surface area contributed by atoms with Gasteiger partial charge in [0.05, 0.1) is 38.0 Å². The summed E-state index contributed by atoms with van der Waals surface area (Å²) < 4.78 is 45.0. The first-order valence-electron chi connectivity index (χ1n) is 9.89. The van der Waals surface area contributed by atoms with Crippen molar-refractivity contribution in [3.8, 4) is 17.2 Å². The molecule has 170 valence electrons. The highest BCUT2D eigenvalue weighted by Gasteiger charge is 2.31. The van der Waals surface area contributed by atoms with E-state index in [0.717, 1.165) is 11.1 Å². The van der Waals surface area contributed by atoms with E-state index in [-0.39, 0.29) is 4.90 Å². The second-order valence-corrected chi connectivity index (χ2v) is 9.42. The van der Waals surface area contributed by atoms with Crippen LogP contribution in [0.25, 0.3) is 0 Å². The minimum Gasteiger partial charge on any atom is -0.497 e. The minimum absolute atomic E-state index is 0.100. The van der Waals surface area contributed by atoms with Crippen LogP contribution in [0, 0.1) is 6.92 Å². The van der Waals surface area contributed by atoms with Gasteiger partial charge < -0.3 is 14.2 Å². The Balaban J connectivity index is 2.19. The zero-order valence-electron chi connectivity index (χ0n) is 18.6. The van der Waals surface area contributed by atoms with E-state index >= 15 is 0 Å². The van der Waals surface area contributed by atoms with Gasteiger partial charge in [-0.1, -0.05) is 29.8 Å². The first-order valence-corrected chi connectivity index (χ1v) is 11.7. The molecule has 0 bridgehead atoms. The molecule has 0 fully saturated rings. The number of nitrogens with zero attached hydrogens (tertiary/aromatic N) is 1. The fourth-order valence-corrected chi connectivity index (χ4v) is 5.31. The number of benzene rings is 3. The van der Waals surface area contributed by atoms with Crippen LogP contribution in [0.4, 0.5) is 5.69 Å². The Hall–Kier alpha value is -2.90. The van der Waals surface area contributed by atoms with Gasteiger partial charge in [0.1, 0.15) is 5.75 Å². The van der Waals surface area contributed by atoms with E-state index in [1.165, 1.54) is 24.6 Å². The molecule has 1 unspecified atom stereocenters. The number of rotatable bonds is 8. The number of hydrogen-bond donors (Lipinski definition) is 0. The summed E-state index contributed by atoms with van der Waals surface area (Å²) in [7, 11) is 0.639. The van der Waals surface area contributed by atoms with Gasteiger partial charge in [-0.2, -0.15) is 0 Å². The Morgan fingerprint density at radius 1 is 0.844 bits per heavy atom. The molecule has 1 atom stereocenters. The van der Waals surface area contributed by atoms with E-state index < -0.39 is 16.1 Å². The lowest BCUT2D eigenvalue weighted by Crippen LogP contribution is -2.33. The first-order chi connectivity index (χ1) is 15.2. The van der Waals surface area contributed by atoms with Gasteiger partial charge in [0.25, 0.3) is 10.0 Å². The van der Waals surface area contributed by atoms with Crippen LogP contribution in [0.2, 0.25) is 5.02 Å². The van der Waals surface area contributed by atoms with Crippen molar-refractivity contribution in [2.75, 3.05) is 25.6 Å². The Morgan fingerprint density at radius 2 is 1.50 bits per heavy atom. The van der Waals surface area contributed by atoms with E-state index in [1.54, 1.807) is 49.6 Å². The SMILES string of the molecule is COc1ccc(C(C)N(c2ccc(OC)c(OC)c2)S(=O)(=O)c2ccc(C)c(Cl)c2)cc1. The maximum absolute atomic E-state index is 13.9. The Bertz CT molecular complexity index is 1200. The van der Waals surface area contributed by atoms with Crippen LogP contribution in [0.15, 0.2) is 65.6 Å². The maximum Gasteiger partial charge on any atom is 0.264 e. The lowest BCUT2D eigenvalue weighted by molar-refractivity contribution is 0.355. The van der Waals surface area contributed by atoms with Crippen molar-refractivity contribution in [3.63, 3.8) is 0 Å². The van der Waals surface area contributed by atoms with Gasteiger partial charge >= 0.3 is 0 Å². The molecular weight excluding hydrogens is 450 g/mol. The van der Waals surface area contributed by atoms with Gasteiger partial charge in [-0.05, 0) is 61.4 Å². The number of hydrogen-bond acceptors (Lipinski definition) is 5. The highest BCUT2D eigenvalue weighted by Crippen LogP contribution is 2.39. The summed E-state index contributed by atoms with van der Waals surface area (Å²) in [5.41, 5.74) is 2.02. The lowest BCUT2D eigenvalue weighted by atomic mass is 10.1. The third-order valence-electron chi connectivity index (χ3n) is 5.27. The van der Waals surface area contributed by atoms with Crippen LogP contribution < -0.4 is 18.5 Å².